The third-order valence-corrected chi connectivity index (χ3v) is 17.1. The summed E-state index contributed by atoms with van der Waals surface area (Å²) in [7, 11) is -6.55. The number of benzene rings is 4. The van der Waals surface area contributed by atoms with E-state index in [0.717, 1.165) is 102 Å². The second-order valence-corrected chi connectivity index (χ2v) is 24.6. The Morgan fingerprint density at radius 1 is 0.595 bits per heavy atom. The van der Waals surface area contributed by atoms with Crippen molar-refractivity contribution in [3.8, 4) is 22.3 Å². The van der Waals surface area contributed by atoms with E-state index in [9.17, 15) is 30.0 Å². The van der Waals surface area contributed by atoms with Gasteiger partial charge in [-0.3, -0.25) is 9.97 Å². The van der Waals surface area contributed by atoms with Crippen LogP contribution in [0.4, 0.5) is 46.3 Å². The first kappa shape index (κ1) is 55.3. The molecule has 6 heterocycles. The number of nitrogens with two attached hydrogens (primary N) is 1. The highest BCUT2D eigenvalue weighted by atomic mass is 35.5. The summed E-state index contributed by atoms with van der Waals surface area (Å²) in [6, 6.07) is 21.2. The summed E-state index contributed by atoms with van der Waals surface area (Å²) < 4.78 is 114. The van der Waals surface area contributed by atoms with Gasteiger partial charge >= 0.3 is 0 Å². The molecule has 21 heteroatoms. The van der Waals surface area contributed by atoms with Crippen molar-refractivity contribution in [2.45, 2.75) is 61.2 Å². The maximum Gasteiger partial charge on any atom is 0.175 e. The summed E-state index contributed by atoms with van der Waals surface area (Å²) in [6.45, 7) is 9.29. The van der Waals surface area contributed by atoms with Crippen molar-refractivity contribution in [2.75, 3.05) is 86.0 Å². The molecule has 0 unspecified atom stereocenters. The van der Waals surface area contributed by atoms with Gasteiger partial charge in [-0.15, -0.1) is 0 Å². The summed E-state index contributed by atoms with van der Waals surface area (Å²) in [6.07, 6.45) is 9.96. The SMILES string of the molecule is CS(=O)(=O)c1ccc(-c2cnc(N3CCOCC3)cc2N)cc1.Cc1c(C2CC2)nc2cc(F)cc(F)c2c1Cl.Cc1c(C2CC2)nc2cc(F)cc(F)c2c1Nc1cc(N2CCOCC2)ncc1-c1ccc(S(C)(=O)=O)cc1. The quantitative estimate of drug-likeness (QED) is 0.123. The minimum Gasteiger partial charge on any atom is -0.398 e. The molecule has 14 nitrogen and oxygen atoms in total. The van der Waals surface area contributed by atoms with Gasteiger partial charge in [0.25, 0.3) is 0 Å². The number of ether oxygens (including phenoxy) is 2. The third-order valence-electron chi connectivity index (χ3n) is 14.3. The topological polar surface area (TPSA) is 183 Å². The molecule has 3 N–H and O–H groups in total. The number of nitrogen functional groups attached to an aromatic ring is 1. The number of morpholine rings is 2. The summed E-state index contributed by atoms with van der Waals surface area (Å²) in [5.41, 5.74) is 15.0. The van der Waals surface area contributed by atoms with Crippen LogP contribution in [-0.2, 0) is 29.1 Å². The molecule has 2 aliphatic heterocycles. The molecule has 4 aromatic heterocycles. The molecule has 4 fully saturated rings. The molecule has 79 heavy (non-hydrogen) atoms. The number of nitrogens with zero attached hydrogens (tertiary/aromatic N) is 6. The predicted molar refractivity (Wildman–Crippen MR) is 301 cm³/mol. The zero-order valence-corrected chi connectivity index (χ0v) is 46.2. The maximum absolute atomic E-state index is 15.3. The van der Waals surface area contributed by atoms with Crippen molar-refractivity contribution >= 4 is 81.8 Å². The maximum atomic E-state index is 15.3. The van der Waals surface area contributed by atoms with Crippen molar-refractivity contribution < 1.29 is 43.9 Å². The number of rotatable bonds is 10. The lowest BCUT2D eigenvalue weighted by atomic mass is 10.0. The number of anilines is 5. The van der Waals surface area contributed by atoms with Gasteiger partial charge in [0.2, 0.25) is 0 Å². The van der Waals surface area contributed by atoms with Crippen molar-refractivity contribution in [1.82, 2.24) is 19.9 Å². The van der Waals surface area contributed by atoms with Crippen LogP contribution in [0.1, 0.15) is 60.0 Å². The summed E-state index contributed by atoms with van der Waals surface area (Å²) >= 11 is 6.16. The second-order valence-electron chi connectivity index (χ2n) is 20.2. The Balaban J connectivity index is 0.000000148. The van der Waals surface area contributed by atoms with Gasteiger partial charge < -0.3 is 30.3 Å². The highest BCUT2D eigenvalue weighted by molar-refractivity contribution is 7.91. The molecule has 0 atom stereocenters. The summed E-state index contributed by atoms with van der Waals surface area (Å²) in [5.74, 6) is -0.383. The van der Waals surface area contributed by atoms with Crippen LogP contribution in [0.2, 0.25) is 5.02 Å². The van der Waals surface area contributed by atoms with Crippen LogP contribution in [0, 0.1) is 37.1 Å². The Hall–Kier alpha value is -6.97. The number of pyridine rings is 4. The Kier molecular flexibility index (Phi) is 15.9. The molecule has 12 rings (SSSR count). The number of sulfone groups is 2. The number of hydrogen-bond acceptors (Lipinski definition) is 14. The zero-order chi connectivity index (χ0) is 55.9. The predicted octanol–water partition coefficient (Wildman–Crippen LogP) is 11.7. The Bertz CT molecular complexity index is 3860. The van der Waals surface area contributed by atoms with E-state index in [1.165, 1.54) is 24.6 Å². The van der Waals surface area contributed by atoms with Gasteiger partial charge in [0.15, 0.2) is 19.7 Å². The average Bonchev–Trinajstić information content (AvgIpc) is 4.49. The molecular formula is C58H57ClF4N8O6S2. The van der Waals surface area contributed by atoms with Crippen LogP contribution in [0.15, 0.2) is 107 Å². The molecule has 8 aromatic rings. The minimum absolute atomic E-state index is 0.216. The van der Waals surface area contributed by atoms with Gasteiger partial charge in [-0.1, -0.05) is 35.9 Å². The lowest BCUT2D eigenvalue weighted by Gasteiger charge is -2.28. The van der Waals surface area contributed by atoms with Gasteiger partial charge in [-0.2, -0.15) is 0 Å². The molecular weight excluding hydrogens is 1080 g/mol. The summed E-state index contributed by atoms with van der Waals surface area (Å²) in [5, 5.41) is 4.27. The fourth-order valence-corrected chi connectivity index (χ4v) is 11.3. The molecule has 4 aliphatic rings. The zero-order valence-electron chi connectivity index (χ0n) is 43.8. The van der Waals surface area contributed by atoms with Crippen molar-refractivity contribution in [2.24, 2.45) is 0 Å². The van der Waals surface area contributed by atoms with E-state index in [2.05, 4.69) is 30.1 Å². The second kappa shape index (κ2) is 22.6. The highest BCUT2D eigenvalue weighted by Crippen LogP contribution is 2.46. The Labute approximate surface area is 460 Å². The third kappa shape index (κ3) is 12.4. The fraction of sp³-hybridized carbons (Fsp3) is 0.310. The standard InChI is InChI=1S/C29H28F2N4O3S.C16H19N3O3S.C13H10ClF2N/c1-17-28(19-3-4-19)34-25-14-20(30)13-23(31)27(25)29(17)33-24-15-26(35-9-11-38-12-10-35)32-16-22(24)18-5-7-21(8-6-18)39(2,36)37;1-23(20,21)13-4-2-12(3-5-13)14-11-18-16(10-15(14)17)19-6-8-22-9-7-19;1-6-12(14)11-9(16)4-8(15)5-10(11)17-13(6)7-2-3-7/h5-8,13-16,19H,3-4,9-12H2,1-2H3,(H,32,33,34);2-5,10-11H,6-9H2,1H3,(H2,17,18);4-5,7H,2-3H2,1H3. The van der Waals surface area contributed by atoms with Gasteiger partial charge in [0.05, 0.1) is 74.4 Å². The summed E-state index contributed by atoms with van der Waals surface area (Å²) in [4.78, 5) is 22.9. The molecule has 0 radical (unpaired) electrons. The van der Waals surface area contributed by atoms with Crippen LogP contribution >= 0.6 is 11.6 Å². The fourth-order valence-electron chi connectivity index (χ4n) is 9.78. The van der Waals surface area contributed by atoms with E-state index in [1.54, 1.807) is 60.9 Å². The van der Waals surface area contributed by atoms with E-state index in [1.807, 2.05) is 26.0 Å². The van der Waals surface area contributed by atoms with Gasteiger partial charge in [0.1, 0.15) is 34.9 Å². The van der Waals surface area contributed by atoms with Crippen LogP contribution in [0.3, 0.4) is 0 Å². The largest absolute Gasteiger partial charge is 0.398 e. The Morgan fingerprint density at radius 3 is 1.49 bits per heavy atom. The molecule has 0 spiro atoms. The average molecular weight is 1140 g/mol. The van der Waals surface area contributed by atoms with Gasteiger partial charge in [-0.25, -0.2) is 44.4 Å². The van der Waals surface area contributed by atoms with Crippen LogP contribution < -0.4 is 20.9 Å². The van der Waals surface area contributed by atoms with Gasteiger partial charge in [0, 0.05) is 128 Å². The molecule has 4 aromatic carbocycles. The van der Waals surface area contributed by atoms with Crippen LogP contribution in [0.25, 0.3) is 44.1 Å². The Morgan fingerprint density at radius 2 is 1.03 bits per heavy atom. The van der Waals surface area contributed by atoms with Crippen LogP contribution in [0.5, 0.6) is 0 Å². The molecule has 0 amide bonds. The van der Waals surface area contributed by atoms with E-state index in [-0.39, 0.29) is 32.0 Å². The number of aromatic nitrogens is 4. The number of fused-ring (bicyclic) bond motifs is 2. The van der Waals surface area contributed by atoms with E-state index in [0.29, 0.717) is 78.6 Å². The molecule has 412 valence electrons. The molecule has 2 aliphatic carbocycles. The van der Waals surface area contributed by atoms with E-state index >= 15 is 4.39 Å². The minimum atomic E-state index is -3.36. The molecule has 0 bridgehead atoms. The lowest BCUT2D eigenvalue weighted by Crippen LogP contribution is -2.36. The normalized spacial score (nSPS) is 15.8. The van der Waals surface area contributed by atoms with Crippen molar-refractivity contribution in [3.63, 3.8) is 0 Å². The first-order chi connectivity index (χ1) is 37.7. The first-order valence-corrected chi connectivity index (χ1v) is 29.9. The monoisotopic (exact) mass is 1140 g/mol. The van der Waals surface area contributed by atoms with Gasteiger partial charge in [-0.05, 0) is 86.1 Å². The van der Waals surface area contributed by atoms with E-state index in [4.69, 9.17) is 31.8 Å². The van der Waals surface area contributed by atoms with Crippen molar-refractivity contribution in [3.05, 3.63) is 148 Å². The van der Waals surface area contributed by atoms with Crippen LogP contribution in [-0.4, -0.2) is 102 Å². The number of nitrogens with one attached hydrogen (secondary N) is 1. The smallest absolute Gasteiger partial charge is 0.175 e. The van der Waals surface area contributed by atoms with Crippen molar-refractivity contribution in [1.29, 1.82) is 0 Å². The lowest BCUT2D eigenvalue weighted by molar-refractivity contribution is 0.122. The first-order valence-electron chi connectivity index (χ1n) is 25.7. The number of hydrogen-bond donors (Lipinski definition) is 2. The highest BCUT2D eigenvalue weighted by Gasteiger charge is 2.31. The van der Waals surface area contributed by atoms with E-state index < -0.39 is 42.9 Å². The number of halogens is 5. The molecule has 2 saturated heterocycles. The molecule has 2 saturated carbocycles.